The van der Waals surface area contributed by atoms with Gasteiger partial charge in [0.05, 0.1) is 4.47 Å². The summed E-state index contributed by atoms with van der Waals surface area (Å²) in [6.07, 6.45) is 0.994. The lowest BCUT2D eigenvalue weighted by molar-refractivity contribution is 0.173. The normalized spacial score (nSPS) is 12.7. The lowest BCUT2D eigenvalue weighted by Gasteiger charge is -2.12. The summed E-state index contributed by atoms with van der Waals surface area (Å²) < 4.78 is 11.7. The van der Waals surface area contributed by atoms with Crippen LogP contribution in [0.15, 0.2) is 39.1 Å². The molecule has 2 heterocycles. The highest BCUT2D eigenvalue weighted by Crippen LogP contribution is 2.39. The van der Waals surface area contributed by atoms with Crippen LogP contribution in [0.2, 0.25) is 0 Å². The van der Waals surface area contributed by atoms with Gasteiger partial charge in [0.2, 0.25) is 6.79 Å². The molecule has 0 atom stereocenters. The van der Waals surface area contributed by atoms with E-state index in [1.165, 1.54) is 4.88 Å². The first-order chi connectivity index (χ1) is 11.3. The van der Waals surface area contributed by atoms with Gasteiger partial charge in [0, 0.05) is 25.0 Å². The first-order valence-corrected chi connectivity index (χ1v) is 8.98. The minimum Gasteiger partial charge on any atom is -0.454 e. The second-order valence-corrected chi connectivity index (χ2v) is 6.88. The maximum atomic E-state index is 5.43. The van der Waals surface area contributed by atoms with Gasteiger partial charge >= 0.3 is 0 Å². The second kappa shape index (κ2) is 9.47. The summed E-state index contributed by atoms with van der Waals surface area (Å²) in [5, 5.41) is 8.73. The van der Waals surface area contributed by atoms with Gasteiger partial charge in [-0.2, -0.15) is 0 Å². The number of nitrogens with one attached hydrogen (secondary N) is 2. The van der Waals surface area contributed by atoms with Crippen LogP contribution in [-0.4, -0.2) is 26.3 Å². The summed E-state index contributed by atoms with van der Waals surface area (Å²) in [6.45, 7) is 1.79. The van der Waals surface area contributed by atoms with E-state index >= 15 is 0 Å². The van der Waals surface area contributed by atoms with Crippen molar-refractivity contribution < 1.29 is 9.47 Å². The van der Waals surface area contributed by atoms with Gasteiger partial charge in [0.25, 0.3) is 0 Å². The summed E-state index contributed by atoms with van der Waals surface area (Å²) in [6, 6.07) is 8.23. The van der Waals surface area contributed by atoms with E-state index in [9.17, 15) is 0 Å². The van der Waals surface area contributed by atoms with Crippen LogP contribution in [0.4, 0.5) is 0 Å². The van der Waals surface area contributed by atoms with E-state index in [0.717, 1.165) is 40.5 Å². The van der Waals surface area contributed by atoms with E-state index < -0.39 is 0 Å². The Bertz CT molecular complexity index is 695. The SMILES string of the molecule is CN=C(NCCc1cccs1)NCc1cc(Br)c2c(c1)OCO2.I. The van der Waals surface area contributed by atoms with Crippen molar-refractivity contribution in [3.63, 3.8) is 0 Å². The average molecular weight is 524 g/mol. The summed E-state index contributed by atoms with van der Waals surface area (Å²) in [5.41, 5.74) is 1.10. The fourth-order valence-corrected chi connectivity index (χ4v) is 3.60. The van der Waals surface area contributed by atoms with Crippen LogP contribution in [0, 0.1) is 0 Å². The monoisotopic (exact) mass is 523 g/mol. The topological polar surface area (TPSA) is 54.9 Å². The zero-order valence-corrected chi connectivity index (χ0v) is 17.9. The molecule has 1 aromatic heterocycles. The number of hydrogen-bond acceptors (Lipinski definition) is 4. The predicted molar refractivity (Wildman–Crippen MR) is 112 cm³/mol. The number of nitrogens with zero attached hydrogens (tertiary/aromatic N) is 1. The van der Waals surface area contributed by atoms with Crippen molar-refractivity contribution in [1.29, 1.82) is 0 Å². The van der Waals surface area contributed by atoms with Gasteiger partial charge in [-0.3, -0.25) is 4.99 Å². The Morgan fingerprint density at radius 2 is 2.21 bits per heavy atom. The Morgan fingerprint density at radius 1 is 1.33 bits per heavy atom. The number of thiophene rings is 1. The minimum atomic E-state index is 0. The molecule has 2 N–H and O–H groups in total. The Hall–Kier alpha value is -1.000. The maximum Gasteiger partial charge on any atom is 0.231 e. The Morgan fingerprint density at radius 3 is 2.96 bits per heavy atom. The summed E-state index contributed by atoms with van der Waals surface area (Å²) in [7, 11) is 1.77. The van der Waals surface area contributed by atoms with E-state index in [1.54, 1.807) is 18.4 Å². The van der Waals surface area contributed by atoms with Crippen LogP contribution in [0.1, 0.15) is 10.4 Å². The number of rotatable bonds is 5. The molecule has 1 aliphatic rings. The quantitative estimate of drug-likeness (QED) is 0.356. The average Bonchev–Trinajstić information content (AvgIpc) is 3.22. The number of benzene rings is 1. The molecule has 3 rings (SSSR count). The van der Waals surface area contributed by atoms with Gasteiger partial charge in [-0.1, -0.05) is 6.07 Å². The van der Waals surface area contributed by atoms with E-state index in [1.807, 2.05) is 12.1 Å². The standard InChI is InChI=1S/C16H18BrN3O2S.HI/c1-18-16(19-5-4-12-3-2-6-23-12)20-9-11-7-13(17)15-14(8-11)21-10-22-15;/h2-3,6-8H,4-5,9-10H2,1H3,(H2,18,19,20);1H. The third kappa shape index (κ3) is 5.00. The first kappa shape index (κ1) is 19.3. The van der Waals surface area contributed by atoms with Gasteiger partial charge in [0.1, 0.15) is 0 Å². The van der Waals surface area contributed by atoms with Crippen LogP contribution in [0.5, 0.6) is 11.5 Å². The highest BCUT2D eigenvalue weighted by atomic mass is 127. The van der Waals surface area contributed by atoms with Crippen molar-refractivity contribution >= 4 is 57.2 Å². The third-order valence-corrected chi connectivity index (χ3v) is 4.94. The molecule has 1 aromatic carbocycles. The molecule has 0 aliphatic carbocycles. The summed E-state index contributed by atoms with van der Waals surface area (Å²) in [5.74, 6) is 2.33. The van der Waals surface area contributed by atoms with Crippen molar-refractivity contribution in [2.24, 2.45) is 4.99 Å². The van der Waals surface area contributed by atoms with Crippen LogP contribution >= 0.6 is 51.2 Å². The molecule has 2 aromatic rings. The molecule has 24 heavy (non-hydrogen) atoms. The highest BCUT2D eigenvalue weighted by molar-refractivity contribution is 14.0. The van der Waals surface area contributed by atoms with Crippen molar-refractivity contribution in [3.8, 4) is 11.5 Å². The summed E-state index contributed by atoms with van der Waals surface area (Å²) >= 11 is 5.28. The molecular formula is C16H19BrIN3O2S. The van der Waals surface area contributed by atoms with Gasteiger partial charge in [-0.25, -0.2) is 0 Å². The predicted octanol–water partition coefficient (Wildman–Crippen LogP) is 3.77. The molecule has 130 valence electrons. The molecule has 8 heteroatoms. The van der Waals surface area contributed by atoms with Crippen LogP contribution in [0.3, 0.4) is 0 Å². The molecular weight excluding hydrogens is 505 g/mol. The zero-order valence-electron chi connectivity index (χ0n) is 13.2. The van der Waals surface area contributed by atoms with E-state index in [0.29, 0.717) is 6.54 Å². The van der Waals surface area contributed by atoms with Gasteiger partial charge in [-0.15, -0.1) is 35.3 Å². The molecule has 0 fully saturated rings. The number of guanidine groups is 1. The Labute approximate surface area is 171 Å². The van der Waals surface area contributed by atoms with Gasteiger partial charge in [-0.05, 0) is 51.5 Å². The molecule has 0 radical (unpaired) electrons. The molecule has 1 aliphatic heterocycles. The van der Waals surface area contributed by atoms with Crippen molar-refractivity contribution in [3.05, 3.63) is 44.6 Å². The van der Waals surface area contributed by atoms with Crippen molar-refractivity contribution in [2.45, 2.75) is 13.0 Å². The van der Waals surface area contributed by atoms with Gasteiger partial charge < -0.3 is 20.1 Å². The van der Waals surface area contributed by atoms with Crippen LogP contribution < -0.4 is 20.1 Å². The molecule has 5 nitrogen and oxygen atoms in total. The number of ether oxygens (including phenoxy) is 2. The Balaban J connectivity index is 0.00000208. The van der Waals surface area contributed by atoms with E-state index in [-0.39, 0.29) is 30.8 Å². The molecule has 0 saturated heterocycles. The number of aliphatic imine (C=N–C) groups is 1. The molecule has 0 amide bonds. The van der Waals surface area contributed by atoms with Crippen molar-refractivity contribution in [1.82, 2.24) is 10.6 Å². The summed E-state index contributed by atoms with van der Waals surface area (Å²) in [4.78, 5) is 5.62. The van der Waals surface area contributed by atoms with E-state index in [4.69, 9.17) is 9.47 Å². The molecule has 0 spiro atoms. The van der Waals surface area contributed by atoms with E-state index in [2.05, 4.69) is 49.1 Å². The van der Waals surface area contributed by atoms with Crippen molar-refractivity contribution in [2.75, 3.05) is 20.4 Å². The number of hydrogen-bond donors (Lipinski definition) is 2. The zero-order chi connectivity index (χ0) is 16.1. The number of fused-ring (bicyclic) bond motifs is 1. The highest BCUT2D eigenvalue weighted by Gasteiger charge is 2.17. The lowest BCUT2D eigenvalue weighted by Crippen LogP contribution is -2.37. The molecule has 0 unspecified atom stereocenters. The first-order valence-electron chi connectivity index (χ1n) is 7.31. The number of halogens is 2. The molecule has 0 bridgehead atoms. The van der Waals surface area contributed by atoms with Crippen LogP contribution in [-0.2, 0) is 13.0 Å². The smallest absolute Gasteiger partial charge is 0.231 e. The Kier molecular flexibility index (Phi) is 7.63. The lowest BCUT2D eigenvalue weighted by atomic mass is 10.2. The minimum absolute atomic E-state index is 0. The van der Waals surface area contributed by atoms with Gasteiger partial charge in [0.15, 0.2) is 17.5 Å². The van der Waals surface area contributed by atoms with Crippen LogP contribution in [0.25, 0.3) is 0 Å². The molecule has 0 saturated carbocycles. The fraction of sp³-hybridized carbons (Fsp3) is 0.312. The fourth-order valence-electron chi connectivity index (χ4n) is 2.29. The third-order valence-electron chi connectivity index (χ3n) is 3.41. The second-order valence-electron chi connectivity index (χ2n) is 4.99. The largest absolute Gasteiger partial charge is 0.454 e. The maximum absolute atomic E-state index is 5.43.